The van der Waals surface area contributed by atoms with Gasteiger partial charge in [0.1, 0.15) is 12.4 Å². The molecule has 1 aromatic carbocycles. The van der Waals surface area contributed by atoms with Crippen molar-refractivity contribution in [3.8, 4) is 0 Å². The summed E-state index contributed by atoms with van der Waals surface area (Å²) in [6.45, 7) is 0.599. The molecule has 7 heteroatoms. The van der Waals surface area contributed by atoms with Gasteiger partial charge in [0.2, 0.25) is 0 Å². The summed E-state index contributed by atoms with van der Waals surface area (Å²) < 4.78 is 5.42. The van der Waals surface area contributed by atoms with Crippen molar-refractivity contribution >= 4 is 35.6 Å². The molecular formula is C13H13Cl2NO4. The van der Waals surface area contributed by atoms with Crippen LogP contribution in [0.1, 0.15) is 11.5 Å². The summed E-state index contributed by atoms with van der Waals surface area (Å²) >= 11 is 11.8. The van der Waals surface area contributed by atoms with Crippen LogP contribution in [0.2, 0.25) is 10.0 Å². The van der Waals surface area contributed by atoms with Crippen LogP contribution < -0.4 is 0 Å². The van der Waals surface area contributed by atoms with E-state index in [2.05, 4.69) is 0 Å². The van der Waals surface area contributed by atoms with E-state index >= 15 is 0 Å². The second-order valence-electron chi connectivity index (χ2n) is 4.48. The highest BCUT2D eigenvalue weighted by atomic mass is 35.5. The number of aldehydes is 1. The SMILES string of the molecule is O=C[C@H]1OCCN(C(=O)O)C[C@H]1c1ccc(Cl)c(Cl)c1. The zero-order valence-electron chi connectivity index (χ0n) is 10.5. The van der Waals surface area contributed by atoms with E-state index in [0.717, 1.165) is 5.56 Å². The molecule has 1 N–H and O–H groups in total. The number of carbonyl (C=O) groups excluding carboxylic acids is 1. The molecule has 0 bridgehead atoms. The number of rotatable bonds is 2. The molecule has 0 radical (unpaired) electrons. The lowest BCUT2D eigenvalue weighted by atomic mass is 9.93. The summed E-state index contributed by atoms with van der Waals surface area (Å²) in [6, 6.07) is 4.99. The molecule has 1 aliphatic heterocycles. The predicted octanol–water partition coefficient (Wildman–Crippen LogP) is 2.65. The van der Waals surface area contributed by atoms with Gasteiger partial charge in [-0.1, -0.05) is 29.3 Å². The van der Waals surface area contributed by atoms with E-state index in [0.29, 0.717) is 16.3 Å². The number of amides is 1. The third-order valence-electron chi connectivity index (χ3n) is 3.26. The first-order valence-corrected chi connectivity index (χ1v) is 6.78. The second-order valence-corrected chi connectivity index (χ2v) is 5.29. The van der Waals surface area contributed by atoms with Gasteiger partial charge in [0.25, 0.3) is 0 Å². The number of ether oxygens (including phenoxy) is 1. The molecule has 1 saturated heterocycles. The molecule has 108 valence electrons. The lowest BCUT2D eigenvalue weighted by Crippen LogP contribution is -2.35. The number of benzene rings is 1. The van der Waals surface area contributed by atoms with E-state index in [1.54, 1.807) is 18.2 Å². The normalized spacial score (nSPS) is 23.2. The molecule has 1 fully saturated rings. The van der Waals surface area contributed by atoms with Crippen LogP contribution in [0.25, 0.3) is 0 Å². The third-order valence-corrected chi connectivity index (χ3v) is 4.00. The van der Waals surface area contributed by atoms with Gasteiger partial charge >= 0.3 is 6.09 Å². The van der Waals surface area contributed by atoms with Crippen LogP contribution in [0.3, 0.4) is 0 Å². The van der Waals surface area contributed by atoms with Crippen molar-refractivity contribution in [3.63, 3.8) is 0 Å². The van der Waals surface area contributed by atoms with Gasteiger partial charge in [-0.25, -0.2) is 4.79 Å². The second kappa shape index (κ2) is 6.43. The van der Waals surface area contributed by atoms with Crippen LogP contribution in [-0.2, 0) is 9.53 Å². The highest BCUT2D eigenvalue weighted by Gasteiger charge is 2.31. The van der Waals surface area contributed by atoms with Gasteiger partial charge in [-0.2, -0.15) is 0 Å². The lowest BCUT2D eigenvalue weighted by molar-refractivity contribution is -0.118. The summed E-state index contributed by atoms with van der Waals surface area (Å²) in [4.78, 5) is 23.5. The molecule has 1 heterocycles. The molecule has 2 atom stereocenters. The molecule has 2 rings (SSSR count). The Morgan fingerprint density at radius 3 is 2.75 bits per heavy atom. The smallest absolute Gasteiger partial charge is 0.407 e. The maximum atomic E-state index is 11.2. The van der Waals surface area contributed by atoms with Gasteiger partial charge in [-0.3, -0.25) is 0 Å². The Morgan fingerprint density at radius 1 is 1.40 bits per heavy atom. The number of nitrogens with zero attached hydrogens (tertiary/aromatic N) is 1. The minimum Gasteiger partial charge on any atom is -0.465 e. The Morgan fingerprint density at radius 2 is 2.15 bits per heavy atom. The van der Waals surface area contributed by atoms with Gasteiger partial charge in [-0.15, -0.1) is 0 Å². The standard InChI is InChI=1S/C13H13Cl2NO4/c14-10-2-1-8(5-11(10)15)9-6-16(13(18)19)3-4-20-12(9)7-17/h1-2,5,7,9,12H,3-4,6H2,(H,18,19)/t9-,12+/m0/s1. The molecule has 0 saturated carbocycles. The van der Waals surface area contributed by atoms with E-state index in [4.69, 9.17) is 33.0 Å². The highest BCUT2D eigenvalue weighted by Crippen LogP contribution is 2.30. The van der Waals surface area contributed by atoms with Gasteiger partial charge in [-0.05, 0) is 17.7 Å². The first-order valence-electron chi connectivity index (χ1n) is 6.02. The van der Waals surface area contributed by atoms with Crippen molar-refractivity contribution in [2.75, 3.05) is 19.7 Å². The summed E-state index contributed by atoms with van der Waals surface area (Å²) in [5.74, 6) is -0.402. The molecule has 20 heavy (non-hydrogen) atoms. The molecular weight excluding hydrogens is 305 g/mol. The fourth-order valence-electron chi connectivity index (χ4n) is 2.19. The van der Waals surface area contributed by atoms with Gasteiger partial charge in [0.05, 0.1) is 16.7 Å². The predicted molar refractivity (Wildman–Crippen MR) is 74.6 cm³/mol. The monoisotopic (exact) mass is 317 g/mol. The van der Waals surface area contributed by atoms with E-state index in [9.17, 15) is 9.59 Å². The first kappa shape index (κ1) is 15.1. The van der Waals surface area contributed by atoms with Gasteiger partial charge < -0.3 is 19.5 Å². The minimum atomic E-state index is -1.04. The number of carboxylic acid groups (broad SMARTS) is 1. The maximum absolute atomic E-state index is 11.2. The Labute approximate surface area is 126 Å². The lowest BCUT2D eigenvalue weighted by Gasteiger charge is -2.24. The fourth-order valence-corrected chi connectivity index (χ4v) is 2.50. The largest absolute Gasteiger partial charge is 0.465 e. The molecule has 0 aliphatic carbocycles. The average Bonchev–Trinajstić information content (AvgIpc) is 2.64. The first-order chi connectivity index (χ1) is 9.52. The molecule has 1 aromatic rings. The zero-order valence-corrected chi connectivity index (χ0v) is 12.0. The van der Waals surface area contributed by atoms with Crippen LogP contribution in [0.5, 0.6) is 0 Å². The molecule has 1 aliphatic rings. The molecule has 1 amide bonds. The van der Waals surface area contributed by atoms with E-state index in [-0.39, 0.29) is 19.7 Å². The number of halogens is 2. The minimum absolute atomic E-state index is 0.177. The molecule has 0 spiro atoms. The van der Waals surface area contributed by atoms with E-state index in [1.807, 2.05) is 0 Å². The summed E-state index contributed by atoms with van der Waals surface area (Å²) in [6.07, 6.45) is -1.04. The van der Waals surface area contributed by atoms with Crippen LogP contribution in [0.15, 0.2) is 18.2 Å². The van der Waals surface area contributed by atoms with Gasteiger partial charge in [0, 0.05) is 19.0 Å². The Balaban J connectivity index is 2.33. The summed E-state index contributed by atoms with van der Waals surface area (Å²) in [5, 5.41) is 9.89. The zero-order chi connectivity index (χ0) is 14.7. The molecule has 0 unspecified atom stereocenters. The Hall–Kier alpha value is -1.30. The third kappa shape index (κ3) is 3.23. The van der Waals surface area contributed by atoms with Crippen LogP contribution in [0.4, 0.5) is 4.79 Å². The van der Waals surface area contributed by atoms with Crippen molar-refractivity contribution in [1.82, 2.24) is 4.90 Å². The molecule has 0 aromatic heterocycles. The quantitative estimate of drug-likeness (QED) is 0.851. The van der Waals surface area contributed by atoms with E-state index in [1.165, 1.54) is 4.90 Å². The van der Waals surface area contributed by atoms with Crippen molar-refractivity contribution in [1.29, 1.82) is 0 Å². The Kier molecular flexibility index (Phi) is 4.86. The van der Waals surface area contributed by atoms with Crippen LogP contribution in [0, 0.1) is 0 Å². The van der Waals surface area contributed by atoms with Crippen molar-refractivity contribution in [2.45, 2.75) is 12.0 Å². The summed E-state index contributed by atoms with van der Waals surface area (Å²) in [7, 11) is 0. The van der Waals surface area contributed by atoms with Crippen molar-refractivity contribution < 1.29 is 19.4 Å². The van der Waals surface area contributed by atoms with Gasteiger partial charge in [0.15, 0.2) is 0 Å². The van der Waals surface area contributed by atoms with Crippen LogP contribution in [-0.4, -0.2) is 48.2 Å². The average molecular weight is 318 g/mol. The topological polar surface area (TPSA) is 66.8 Å². The summed E-state index contributed by atoms with van der Waals surface area (Å²) in [5.41, 5.74) is 0.727. The fraction of sp³-hybridized carbons (Fsp3) is 0.385. The Bertz CT molecular complexity index is 523. The number of hydrogen-bond acceptors (Lipinski definition) is 3. The van der Waals surface area contributed by atoms with Crippen molar-refractivity contribution in [2.24, 2.45) is 0 Å². The van der Waals surface area contributed by atoms with Crippen molar-refractivity contribution in [3.05, 3.63) is 33.8 Å². The highest BCUT2D eigenvalue weighted by molar-refractivity contribution is 6.42. The van der Waals surface area contributed by atoms with Crippen LogP contribution >= 0.6 is 23.2 Å². The van der Waals surface area contributed by atoms with E-state index < -0.39 is 18.1 Å². The molecule has 5 nitrogen and oxygen atoms in total. The number of hydrogen-bond donors (Lipinski definition) is 1. The maximum Gasteiger partial charge on any atom is 0.407 e. The number of carbonyl (C=O) groups is 2.